The minimum absolute atomic E-state index is 0.196. The molecular formula is C15H23NO3. The van der Waals surface area contributed by atoms with Gasteiger partial charge in [0.25, 0.3) is 0 Å². The van der Waals surface area contributed by atoms with E-state index in [2.05, 4.69) is 29.2 Å². The van der Waals surface area contributed by atoms with E-state index in [1.807, 2.05) is 0 Å². The minimum Gasteiger partial charge on any atom is -0.395 e. The van der Waals surface area contributed by atoms with Crippen molar-refractivity contribution < 1.29 is 14.6 Å². The molecule has 1 heterocycles. The molecule has 1 N–H and O–H groups in total. The first-order valence-electron chi connectivity index (χ1n) is 6.71. The van der Waals surface area contributed by atoms with Crippen LogP contribution in [0.25, 0.3) is 0 Å². The van der Waals surface area contributed by atoms with Crippen molar-refractivity contribution in [3.05, 3.63) is 35.4 Å². The Labute approximate surface area is 114 Å². The van der Waals surface area contributed by atoms with Gasteiger partial charge in [0.05, 0.1) is 19.3 Å². The summed E-state index contributed by atoms with van der Waals surface area (Å²) in [7, 11) is 3.44. The highest BCUT2D eigenvalue weighted by Gasteiger charge is 2.31. The molecule has 0 radical (unpaired) electrons. The first kappa shape index (κ1) is 14.5. The maximum Gasteiger partial charge on any atom is 0.0714 e. The van der Waals surface area contributed by atoms with Gasteiger partial charge >= 0.3 is 0 Å². The van der Waals surface area contributed by atoms with Gasteiger partial charge < -0.3 is 14.6 Å². The molecule has 4 nitrogen and oxygen atoms in total. The summed E-state index contributed by atoms with van der Waals surface area (Å²) in [6.45, 7) is 2.59. The van der Waals surface area contributed by atoms with Crippen LogP contribution in [0.4, 0.5) is 0 Å². The van der Waals surface area contributed by atoms with E-state index in [-0.39, 0.29) is 18.8 Å². The predicted molar refractivity (Wildman–Crippen MR) is 73.9 cm³/mol. The van der Waals surface area contributed by atoms with Gasteiger partial charge in [0, 0.05) is 33.4 Å². The third kappa shape index (κ3) is 3.76. The number of methoxy groups -OCH3 is 2. The fourth-order valence-electron chi connectivity index (χ4n) is 2.63. The highest BCUT2D eigenvalue weighted by molar-refractivity contribution is 5.22. The summed E-state index contributed by atoms with van der Waals surface area (Å²) in [6, 6.07) is 8.66. The molecule has 0 aliphatic carbocycles. The zero-order valence-corrected chi connectivity index (χ0v) is 11.7. The second-order valence-electron chi connectivity index (χ2n) is 5.11. The molecule has 0 bridgehead atoms. The van der Waals surface area contributed by atoms with Crippen molar-refractivity contribution in [3.8, 4) is 0 Å². The van der Waals surface area contributed by atoms with Crippen LogP contribution >= 0.6 is 0 Å². The van der Waals surface area contributed by atoms with Gasteiger partial charge in [0.1, 0.15) is 0 Å². The molecule has 0 saturated carbocycles. The molecule has 1 saturated heterocycles. The molecule has 0 unspecified atom stereocenters. The Balaban J connectivity index is 1.96. The zero-order chi connectivity index (χ0) is 13.7. The normalized spacial score (nSPS) is 23.9. The number of likely N-dealkylation sites (tertiary alicyclic amines) is 1. The second kappa shape index (κ2) is 7.01. The van der Waals surface area contributed by atoms with Crippen LogP contribution in [-0.4, -0.2) is 49.5 Å². The average Bonchev–Trinajstić information content (AvgIpc) is 2.83. The molecule has 19 heavy (non-hydrogen) atoms. The van der Waals surface area contributed by atoms with Gasteiger partial charge in [-0.1, -0.05) is 24.3 Å². The highest BCUT2D eigenvalue weighted by atomic mass is 16.5. The SMILES string of the molecule is COCc1ccc(CN2C[C@H](OC)C[C@H]2CO)cc1. The molecule has 1 fully saturated rings. The first-order chi connectivity index (χ1) is 9.26. The van der Waals surface area contributed by atoms with Crippen LogP contribution in [0.3, 0.4) is 0 Å². The lowest BCUT2D eigenvalue weighted by Gasteiger charge is -2.22. The van der Waals surface area contributed by atoms with Crippen LogP contribution in [0.2, 0.25) is 0 Å². The van der Waals surface area contributed by atoms with Crippen molar-refractivity contribution in [2.75, 3.05) is 27.4 Å². The lowest BCUT2D eigenvalue weighted by Crippen LogP contribution is -2.31. The summed E-state index contributed by atoms with van der Waals surface area (Å²) in [5.41, 5.74) is 2.44. The number of rotatable bonds is 6. The smallest absolute Gasteiger partial charge is 0.0714 e. The largest absolute Gasteiger partial charge is 0.395 e. The summed E-state index contributed by atoms with van der Waals surface area (Å²) in [5, 5.41) is 9.43. The van der Waals surface area contributed by atoms with E-state index in [4.69, 9.17) is 9.47 Å². The Morgan fingerprint density at radius 1 is 1.21 bits per heavy atom. The lowest BCUT2D eigenvalue weighted by atomic mass is 10.1. The Kier molecular flexibility index (Phi) is 5.34. The molecule has 0 spiro atoms. The topological polar surface area (TPSA) is 41.9 Å². The standard InChI is InChI=1S/C15H23NO3/c1-18-11-13-5-3-12(4-6-13)8-16-9-15(19-2)7-14(16)10-17/h3-6,14-15,17H,7-11H2,1-2H3/t14-,15+/m0/s1. The summed E-state index contributed by atoms with van der Waals surface area (Å²) < 4.78 is 10.5. The van der Waals surface area contributed by atoms with Crippen LogP contribution in [0.1, 0.15) is 17.5 Å². The molecule has 1 aromatic rings. The molecule has 1 aliphatic heterocycles. The Bertz CT molecular complexity index is 379. The van der Waals surface area contributed by atoms with Crippen molar-refractivity contribution in [3.63, 3.8) is 0 Å². The fourth-order valence-corrected chi connectivity index (χ4v) is 2.63. The van der Waals surface area contributed by atoms with E-state index in [0.717, 1.165) is 19.5 Å². The van der Waals surface area contributed by atoms with Gasteiger partial charge in [0.2, 0.25) is 0 Å². The number of aliphatic hydroxyl groups excluding tert-OH is 1. The van der Waals surface area contributed by atoms with Crippen molar-refractivity contribution in [2.45, 2.75) is 31.7 Å². The highest BCUT2D eigenvalue weighted by Crippen LogP contribution is 2.22. The van der Waals surface area contributed by atoms with Crippen molar-refractivity contribution in [1.82, 2.24) is 4.90 Å². The molecule has 4 heteroatoms. The number of ether oxygens (including phenoxy) is 2. The molecule has 1 aliphatic rings. The van der Waals surface area contributed by atoms with Gasteiger partial charge in [-0.25, -0.2) is 0 Å². The monoisotopic (exact) mass is 265 g/mol. The van der Waals surface area contributed by atoms with E-state index in [1.54, 1.807) is 14.2 Å². The van der Waals surface area contributed by atoms with Gasteiger partial charge in [-0.05, 0) is 17.5 Å². The first-order valence-corrected chi connectivity index (χ1v) is 6.71. The predicted octanol–water partition coefficient (Wildman–Crippen LogP) is 1.41. The molecule has 0 aromatic heterocycles. The Morgan fingerprint density at radius 2 is 1.89 bits per heavy atom. The van der Waals surface area contributed by atoms with E-state index >= 15 is 0 Å². The van der Waals surface area contributed by atoms with Crippen molar-refractivity contribution >= 4 is 0 Å². The number of hydrogen-bond acceptors (Lipinski definition) is 4. The quantitative estimate of drug-likeness (QED) is 0.844. The van der Waals surface area contributed by atoms with E-state index in [0.29, 0.717) is 6.61 Å². The van der Waals surface area contributed by atoms with Gasteiger partial charge in [-0.3, -0.25) is 4.90 Å². The molecule has 1 aromatic carbocycles. The van der Waals surface area contributed by atoms with Crippen LogP contribution < -0.4 is 0 Å². The molecule has 106 valence electrons. The van der Waals surface area contributed by atoms with Crippen LogP contribution in [-0.2, 0) is 22.6 Å². The van der Waals surface area contributed by atoms with E-state index in [9.17, 15) is 5.11 Å². The fraction of sp³-hybridized carbons (Fsp3) is 0.600. The summed E-state index contributed by atoms with van der Waals surface area (Å²) in [6.07, 6.45) is 1.15. The summed E-state index contributed by atoms with van der Waals surface area (Å²) >= 11 is 0. The van der Waals surface area contributed by atoms with E-state index in [1.165, 1.54) is 11.1 Å². The van der Waals surface area contributed by atoms with Crippen LogP contribution in [0, 0.1) is 0 Å². The van der Waals surface area contributed by atoms with Crippen molar-refractivity contribution in [1.29, 1.82) is 0 Å². The summed E-state index contributed by atoms with van der Waals surface area (Å²) in [4.78, 5) is 2.29. The Morgan fingerprint density at radius 3 is 2.47 bits per heavy atom. The third-order valence-corrected chi connectivity index (χ3v) is 3.75. The van der Waals surface area contributed by atoms with Gasteiger partial charge in [-0.2, -0.15) is 0 Å². The lowest BCUT2D eigenvalue weighted by molar-refractivity contribution is 0.107. The number of benzene rings is 1. The van der Waals surface area contributed by atoms with Crippen LogP contribution in [0.15, 0.2) is 24.3 Å². The minimum atomic E-state index is 0.196. The second-order valence-corrected chi connectivity index (χ2v) is 5.11. The third-order valence-electron chi connectivity index (χ3n) is 3.75. The van der Waals surface area contributed by atoms with Crippen molar-refractivity contribution in [2.24, 2.45) is 0 Å². The molecule has 2 atom stereocenters. The number of hydrogen-bond donors (Lipinski definition) is 1. The maximum atomic E-state index is 9.43. The Hall–Kier alpha value is -0.940. The maximum absolute atomic E-state index is 9.43. The molecule has 0 amide bonds. The van der Waals surface area contributed by atoms with Gasteiger partial charge in [0.15, 0.2) is 0 Å². The zero-order valence-electron chi connectivity index (χ0n) is 11.7. The average molecular weight is 265 g/mol. The summed E-state index contributed by atoms with van der Waals surface area (Å²) in [5.74, 6) is 0. The number of nitrogens with zero attached hydrogens (tertiary/aromatic N) is 1. The van der Waals surface area contributed by atoms with Gasteiger partial charge in [-0.15, -0.1) is 0 Å². The number of aliphatic hydroxyl groups is 1. The molecular weight excluding hydrogens is 242 g/mol. The van der Waals surface area contributed by atoms with Crippen LogP contribution in [0.5, 0.6) is 0 Å². The molecule has 2 rings (SSSR count). The van der Waals surface area contributed by atoms with E-state index < -0.39 is 0 Å².